The summed E-state index contributed by atoms with van der Waals surface area (Å²) >= 11 is 0. The summed E-state index contributed by atoms with van der Waals surface area (Å²) < 4.78 is 6.58. The van der Waals surface area contributed by atoms with Gasteiger partial charge < -0.3 is 9.64 Å². The highest BCUT2D eigenvalue weighted by Gasteiger charge is 2.15. The predicted molar refractivity (Wildman–Crippen MR) is 89.1 cm³/mol. The molecule has 0 saturated carbocycles. The fourth-order valence-electron chi connectivity index (χ4n) is 2.55. The highest BCUT2D eigenvalue weighted by molar-refractivity contribution is 6.00. The number of anilines is 1. The molecule has 3 aromatic rings. The Morgan fingerprint density at radius 2 is 1.96 bits per heavy atom. The van der Waals surface area contributed by atoms with Crippen LogP contribution >= 0.6 is 0 Å². The predicted octanol–water partition coefficient (Wildman–Crippen LogP) is 2.66. The summed E-state index contributed by atoms with van der Waals surface area (Å²) in [5, 5.41) is 10.2. The first kappa shape index (κ1) is 15.0. The zero-order valence-electron chi connectivity index (χ0n) is 13.4. The molecule has 0 radical (unpaired) electrons. The van der Waals surface area contributed by atoms with E-state index in [1.54, 1.807) is 17.8 Å². The van der Waals surface area contributed by atoms with Gasteiger partial charge in [0.05, 0.1) is 18.5 Å². The van der Waals surface area contributed by atoms with Gasteiger partial charge >= 0.3 is 5.97 Å². The van der Waals surface area contributed by atoms with Crippen LogP contribution in [-0.4, -0.2) is 41.7 Å². The molecule has 6 nitrogen and oxygen atoms in total. The minimum absolute atomic E-state index is 0.200. The summed E-state index contributed by atoms with van der Waals surface area (Å²) in [5.74, 6) is -0.466. The fourth-order valence-corrected chi connectivity index (χ4v) is 2.55. The minimum Gasteiger partial charge on any atom is -0.461 e. The number of esters is 1. The molecule has 0 atom stereocenters. The third-order valence-corrected chi connectivity index (χ3v) is 3.57. The Hall–Kier alpha value is -2.89. The summed E-state index contributed by atoms with van der Waals surface area (Å²) in [7, 11) is 3.99. The topological polar surface area (TPSA) is 60.2 Å². The van der Waals surface area contributed by atoms with E-state index in [0.29, 0.717) is 6.61 Å². The van der Waals surface area contributed by atoms with Gasteiger partial charge in [0.15, 0.2) is 5.69 Å². The molecular weight excluding hydrogens is 292 g/mol. The van der Waals surface area contributed by atoms with Gasteiger partial charge in [0.1, 0.15) is 0 Å². The summed E-state index contributed by atoms with van der Waals surface area (Å²) in [6.45, 7) is 2.07. The second-order valence-electron chi connectivity index (χ2n) is 5.32. The Morgan fingerprint density at radius 3 is 2.65 bits per heavy atom. The van der Waals surface area contributed by atoms with Gasteiger partial charge in [-0.25, -0.2) is 9.48 Å². The van der Waals surface area contributed by atoms with Crippen molar-refractivity contribution in [2.75, 3.05) is 25.6 Å². The lowest BCUT2D eigenvalue weighted by atomic mass is 10.1. The van der Waals surface area contributed by atoms with Crippen LogP contribution in [0.1, 0.15) is 17.4 Å². The number of aromatic nitrogens is 3. The van der Waals surface area contributed by atoms with Crippen molar-refractivity contribution in [2.24, 2.45) is 0 Å². The van der Waals surface area contributed by atoms with Crippen LogP contribution in [0.25, 0.3) is 16.5 Å². The van der Waals surface area contributed by atoms with Gasteiger partial charge in [-0.3, -0.25) is 0 Å². The van der Waals surface area contributed by atoms with Gasteiger partial charge in [-0.05, 0) is 24.4 Å². The molecule has 0 unspecified atom stereocenters. The quantitative estimate of drug-likeness (QED) is 0.693. The van der Waals surface area contributed by atoms with Crippen molar-refractivity contribution < 1.29 is 9.53 Å². The maximum absolute atomic E-state index is 11.8. The molecule has 0 bridgehead atoms. The first-order valence-electron chi connectivity index (χ1n) is 7.40. The molecule has 0 aliphatic rings. The normalized spacial score (nSPS) is 10.7. The smallest absolute Gasteiger partial charge is 0.360 e. The summed E-state index contributed by atoms with van der Waals surface area (Å²) in [4.78, 5) is 13.8. The van der Waals surface area contributed by atoms with Crippen LogP contribution in [0.3, 0.4) is 0 Å². The van der Waals surface area contributed by atoms with Gasteiger partial charge in [0, 0.05) is 25.2 Å². The molecule has 0 aliphatic heterocycles. The third-order valence-electron chi connectivity index (χ3n) is 3.57. The molecule has 118 valence electrons. The number of hydrogen-bond acceptors (Lipinski definition) is 5. The maximum Gasteiger partial charge on any atom is 0.360 e. The van der Waals surface area contributed by atoms with E-state index in [9.17, 15) is 4.79 Å². The van der Waals surface area contributed by atoms with E-state index in [1.165, 1.54) is 0 Å². The monoisotopic (exact) mass is 310 g/mol. The largest absolute Gasteiger partial charge is 0.461 e. The highest BCUT2D eigenvalue weighted by Crippen LogP contribution is 2.30. The van der Waals surface area contributed by atoms with Crippen LogP contribution in [-0.2, 0) is 4.74 Å². The molecule has 0 aliphatic carbocycles. The molecule has 1 heterocycles. The molecule has 3 rings (SSSR count). The lowest BCUT2D eigenvalue weighted by molar-refractivity contribution is 0.0519. The molecule has 0 spiro atoms. The van der Waals surface area contributed by atoms with Crippen LogP contribution in [0.5, 0.6) is 0 Å². The van der Waals surface area contributed by atoms with E-state index in [-0.39, 0.29) is 5.69 Å². The van der Waals surface area contributed by atoms with Crippen molar-refractivity contribution in [1.29, 1.82) is 0 Å². The van der Waals surface area contributed by atoms with Gasteiger partial charge in [-0.1, -0.05) is 29.5 Å². The SMILES string of the molecule is CCOC(=O)c1cn(-c2cccc3cccc(N(C)C)c23)nn1. The average molecular weight is 310 g/mol. The van der Waals surface area contributed by atoms with Crippen molar-refractivity contribution in [3.63, 3.8) is 0 Å². The van der Waals surface area contributed by atoms with E-state index in [1.807, 2.05) is 32.3 Å². The number of carbonyl (C=O) groups excluding carboxylic acids is 1. The van der Waals surface area contributed by atoms with Crippen molar-refractivity contribution in [2.45, 2.75) is 6.92 Å². The Labute approximate surface area is 134 Å². The lowest BCUT2D eigenvalue weighted by Crippen LogP contribution is -2.10. The Morgan fingerprint density at radius 1 is 1.22 bits per heavy atom. The lowest BCUT2D eigenvalue weighted by Gasteiger charge is -2.17. The van der Waals surface area contributed by atoms with Crippen molar-refractivity contribution >= 4 is 22.4 Å². The zero-order chi connectivity index (χ0) is 16.4. The van der Waals surface area contributed by atoms with Crippen LogP contribution in [0.15, 0.2) is 42.6 Å². The number of ether oxygens (including phenoxy) is 1. The molecular formula is C17H18N4O2. The van der Waals surface area contributed by atoms with E-state index in [0.717, 1.165) is 22.1 Å². The van der Waals surface area contributed by atoms with Crippen LogP contribution in [0.2, 0.25) is 0 Å². The maximum atomic E-state index is 11.8. The third kappa shape index (κ3) is 2.75. The molecule has 0 saturated heterocycles. The average Bonchev–Trinajstić information content (AvgIpc) is 3.03. The second-order valence-corrected chi connectivity index (χ2v) is 5.32. The minimum atomic E-state index is -0.466. The molecule has 23 heavy (non-hydrogen) atoms. The van der Waals surface area contributed by atoms with Crippen LogP contribution in [0, 0.1) is 0 Å². The summed E-state index contributed by atoms with van der Waals surface area (Å²) in [6, 6.07) is 12.1. The fraction of sp³-hybridized carbons (Fsp3) is 0.235. The summed E-state index contributed by atoms with van der Waals surface area (Å²) in [6.07, 6.45) is 1.60. The van der Waals surface area contributed by atoms with Crippen LogP contribution < -0.4 is 4.90 Å². The number of carbonyl (C=O) groups is 1. The molecule has 6 heteroatoms. The van der Waals surface area contributed by atoms with E-state index in [4.69, 9.17) is 4.74 Å². The number of rotatable bonds is 4. The Bertz CT molecular complexity index is 849. The number of benzene rings is 2. The number of hydrogen-bond donors (Lipinski definition) is 0. The standard InChI is InChI=1S/C17H18N4O2/c1-4-23-17(22)13-11-21(19-18-13)15-10-6-8-12-7-5-9-14(16(12)15)20(2)3/h5-11H,4H2,1-3H3. The van der Waals surface area contributed by atoms with Gasteiger partial charge in [0.2, 0.25) is 0 Å². The van der Waals surface area contributed by atoms with Crippen molar-refractivity contribution in [3.8, 4) is 5.69 Å². The first-order chi connectivity index (χ1) is 11.1. The van der Waals surface area contributed by atoms with E-state index >= 15 is 0 Å². The molecule has 0 fully saturated rings. The van der Waals surface area contributed by atoms with Crippen molar-refractivity contribution in [3.05, 3.63) is 48.3 Å². The number of nitrogens with zero attached hydrogens (tertiary/aromatic N) is 4. The Kier molecular flexibility index (Phi) is 3.97. The van der Waals surface area contributed by atoms with E-state index in [2.05, 4.69) is 33.4 Å². The summed E-state index contributed by atoms with van der Waals surface area (Å²) in [5.41, 5.74) is 2.15. The van der Waals surface area contributed by atoms with Gasteiger partial charge in [-0.15, -0.1) is 5.10 Å². The highest BCUT2D eigenvalue weighted by atomic mass is 16.5. The zero-order valence-corrected chi connectivity index (χ0v) is 13.4. The first-order valence-corrected chi connectivity index (χ1v) is 7.40. The van der Waals surface area contributed by atoms with Gasteiger partial charge in [-0.2, -0.15) is 0 Å². The second kappa shape index (κ2) is 6.08. The Balaban J connectivity index is 2.15. The molecule has 0 N–H and O–H groups in total. The van der Waals surface area contributed by atoms with Crippen LogP contribution in [0.4, 0.5) is 5.69 Å². The van der Waals surface area contributed by atoms with Gasteiger partial charge in [0.25, 0.3) is 0 Å². The molecule has 1 aromatic heterocycles. The van der Waals surface area contributed by atoms with Crippen molar-refractivity contribution in [1.82, 2.24) is 15.0 Å². The van der Waals surface area contributed by atoms with E-state index < -0.39 is 5.97 Å². The molecule has 2 aromatic carbocycles. The number of fused-ring (bicyclic) bond motifs is 1. The molecule has 0 amide bonds.